The minimum atomic E-state index is -0.262. The third-order valence-corrected chi connectivity index (χ3v) is 4.75. The molecule has 0 fully saturated rings. The SMILES string of the molecule is CCCC(=O)Nc1ccc(SC(C)C(=O)Nc2cccc(OC)c2)cc1. The van der Waals surface area contributed by atoms with Crippen LogP contribution in [0.4, 0.5) is 11.4 Å². The molecule has 2 amide bonds. The van der Waals surface area contributed by atoms with E-state index in [9.17, 15) is 9.59 Å². The Kier molecular flexibility index (Phi) is 7.53. The van der Waals surface area contributed by atoms with Crippen molar-refractivity contribution in [2.24, 2.45) is 0 Å². The molecule has 2 rings (SSSR count). The van der Waals surface area contributed by atoms with Crippen LogP contribution in [0.1, 0.15) is 26.7 Å². The molecule has 0 spiro atoms. The molecule has 1 atom stereocenters. The molecule has 2 aromatic carbocycles. The normalized spacial score (nSPS) is 11.5. The molecule has 0 radical (unpaired) electrons. The molecule has 2 N–H and O–H groups in total. The second-order valence-electron chi connectivity index (χ2n) is 5.80. The maximum atomic E-state index is 12.4. The zero-order chi connectivity index (χ0) is 18.9. The Bertz CT molecular complexity index is 747. The molecule has 5 nitrogen and oxygen atoms in total. The summed E-state index contributed by atoms with van der Waals surface area (Å²) >= 11 is 1.46. The van der Waals surface area contributed by atoms with Crippen LogP contribution in [0.25, 0.3) is 0 Å². The second-order valence-corrected chi connectivity index (χ2v) is 7.22. The summed E-state index contributed by atoms with van der Waals surface area (Å²) in [7, 11) is 1.59. The van der Waals surface area contributed by atoms with Crippen LogP contribution < -0.4 is 15.4 Å². The monoisotopic (exact) mass is 372 g/mol. The number of carbonyl (C=O) groups excluding carboxylic acids is 2. The van der Waals surface area contributed by atoms with Crippen LogP contribution in [-0.4, -0.2) is 24.2 Å². The number of hydrogen-bond acceptors (Lipinski definition) is 4. The lowest BCUT2D eigenvalue weighted by atomic mass is 10.3. The Morgan fingerprint density at radius 3 is 2.46 bits per heavy atom. The van der Waals surface area contributed by atoms with Crippen molar-refractivity contribution in [2.45, 2.75) is 36.8 Å². The molecule has 0 saturated heterocycles. The second kappa shape index (κ2) is 9.87. The molecule has 2 aromatic rings. The molecule has 138 valence electrons. The predicted octanol–water partition coefficient (Wildman–Crippen LogP) is 4.55. The number of amides is 2. The number of benzene rings is 2. The summed E-state index contributed by atoms with van der Waals surface area (Å²) < 4.78 is 5.16. The maximum Gasteiger partial charge on any atom is 0.237 e. The number of nitrogens with one attached hydrogen (secondary N) is 2. The molecule has 0 bridgehead atoms. The number of methoxy groups -OCH3 is 1. The first-order valence-electron chi connectivity index (χ1n) is 8.53. The number of anilines is 2. The van der Waals surface area contributed by atoms with Crippen LogP contribution in [0.15, 0.2) is 53.4 Å². The molecule has 0 heterocycles. The third kappa shape index (κ3) is 6.11. The van der Waals surface area contributed by atoms with Crippen molar-refractivity contribution >= 4 is 35.0 Å². The van der Waals surface area contributed by atoms with E-state index in [1.165, 1.54) is 11.8 Å². The van der Waals surface area contributed by atoms with Gasteiger partial charge in [0.1, 0.15) is 5.75 Å². The average Bonchev–Trinajstić information content (AvgIpc) is 2.63. The lowest BCUT2D eigenvalue weighted by molar-refractivity contribution is -0.116. The first kappa shape index (κ1) is 19.8. The van der Waals surface area contributed by atoms with Gasteiger partial charge in [0, 0.05) is 28.8 Å². The lowest BCUT2D eigenvalue weighted by Crippen LogP contribution is -2.22. The van der Waals surface area contributed by atoms with Crippen LogP contribution in [-0.2, 0) is 9.59 Å². The summed E-state index contributed by atoms with van der Waals surface area (Å²) in [6.07, 6.45) is 1.33. The van der Waals surface area contributed by atoms with Gasteiger partial charge in [0.25, 0.3) is 0 Å². The van der Waals surface area contributed by atoms with Gasteiger partial charge in [-0.3, -0.25) is 9.59 Å². The smallest absolute Gasteiger partial charge is 0.237 e. The van der Waals surface area contributed by atoms with Crippen molar-refractivity contribution in [3.8, 4) is 5.75 Å². The number of carbonyl (C=O) groups is 2. The van der Waals surface area contributed by atoms with Crippen molar-refractivity contribution in [3.05, 3.63) is 48.5 Å². The lowest BCUT2D eigenvalue weighted by Gasteiger charge is -2.13. The van der Waals surface area contributed by atoms with E-state index in [1.54, 1.807) is 13.2 Å². The first-order chi connectivity index (χ1) is 12.5. The fourth-order valence-electron chi connectivity index (χ4n) is 2.27. The Hall–Kier alpha value is -2.47. The van der Waals surface area contributed by atoms with Crippen molar-refractivity contribution in [1.29, 1.82) is 0 Å². The minimum absolute atomic E-state index is 0.0129. The molecular weight excluding hydrogens is 348 g/mol. The summed E-state index contributed by atoms with van der Waals surface area (Å²) in [5.41, 5.74) is 1.47. The molecule has 26 heavy (non-hydrogen) atoms. The van der Waals surface area contributed by atoms with Crippen molar-refractivity contribution in [2.75, 3.05) is 17.7 Å². The van der Waals surface area contributed by atoms with E-state index in [4.69, 9.17) is 4.74 Å². The van der Waals surface area contributed by atoms with Crippen molar-refractivity contribution in [1.82, 2.24) is 0 Å². The highest BCUT2D eigenvalue weighted by atomic mass is 32.2. The fourth-order valence-corrected chi connectivity index (χ4v) is 3.14. The van der Waals surface area contributed by atoms with Crippen molar-refractivity contribution < 1.29 is 14.3 Å². The molecule has 0 aromatic heterocycles. The Balaban J connectivity index is 1.90. The average molecular weight is 372 g/mol. The summed E-state index contributed by atoms with van der Waals surface area (Å²) in [5.74, 6) is 0.631. The largest absolute Gasteiger partial charge is 0.497 e. The highest BCUT2D eigenvalue weighted by molar-refractivity contribution is 8.00. The topological polar surface area (TPSA) is 67.4 Å². The minimum Gasteiger partial charge on any atom is -0.497 e. The molecule has 0 aliphatic rings. The van der Waals surface area contributed by atoms with E-state index in [0.29, 0.717) is 17.9 Å². The zero-order valence-electron chi connectivity index (χ0n) is 15.2. The molecular formula is C20H24N2O3S. The fraction of sp³-hybridized carbons (Fsp3) is 0.300. The van der Waals surface area contributed by atoms with Gasteiger partial charge in [-0.2, -0.15) is 0 Å². The quantitative estimate of drug-likeness (QED) is 0.667. The van der Waals surface area contributed by atoms with Gasteiger partial charge < -0.3 is 15.4 Å². The summed E-state index contributed by atoms with van der Waals surface area (Å²) in [6, 6.07) is 14.8. The van der Waals surface area contributed by atoms with Gasteiger partial charge in [0.15, 0.2) is 0 Å². The van der Waals surface area contributed by atoms with E-state index >= 15 is 0 Å². The Morgan fingerprint density at radius 2 is 1.81 bits per heavy atom. The number of hydrogen-bond donors (Lipinski definition) is 2. The standard InChI is InChI=1S/C20H24N2O3S/c1-4-6-19(23)21-15-9-11-18(12-10-15)26-14(2)20(24)22-16-7-5-8-17(13-16)25-3/h5,7-14H,4,6H2,1-3H3,(H,21,23)(H,22,24). The van der Waals surface area contributed by atoms with E-state index in [1.807, 2.05) is 56.3 Å². The number of rotatable bonds is 8. The molecule has 1 unspecified atom stereocenters. The van der Waals surface area contributed by atoms with Gasteiger partial charge >= 0.3 is 0 Å². The van der Waals surface area contributed by atoms with Gasteiger partial charge in [-0.1, -0.05) is 13.0 Å². The van der Waals surface area contributed by atoms with E-state index in [2.05, 4.69) is 10.6 Å². The summed E-state index contributed by atoms with van der Waals surface area (Å²) in [5, 5.41) is 5.48. The van der Waals surface area contributed by atoms with Gasteiger partial charge in [-0.25, -0.2) is 0 Å². The van der Waals surface area contributed by atoms with Crippen LogP contribution in [0.3, 0.4) is 0 Å². The highest BCUT2D eigenvalue weighted by Crippen LogP contribution is 2.26. The van der Waals surface area contributed by atoms with E-state index < -0.39 is 0 Å². The van der Waals surface area contributed by atoms with Crippen molar-refractivity contribution in [3.63, 3.8) is 0 Å². The molecule has 6 heteroatoms. The van der Waals surface area contributed by atoms with Gasteiger partial charge in [0.05, 0.1) is 12.4 Å². The molecule has 0 aliphatic carbocycles. The van der Waals surface area contributed by atoms with Crippen LogP contribution in [0.5, 0.6) is 5.75 Å². The van der Waals surface area contributed by atoms with Gasteiger partial charge in [0.2, 0.25) is 11.8 Å². The predicted molar refractivity (Wildman–Crippen MR) is 107 cm³/mol. The molecule has 0 aliphatic heterocycles. The number of thioether (sulfide) groups is 1. The number of ether oxygens (including phenoxy) is 1. The van der Waals surface area contributed by atoms with Crippen LogP contribution in [0, 0.1) is 0 Å². The van der Waals surface area contributed by atoms with E-state index in [-0.39, 0.29) is 17.1 Å². The molecule has 0 saturated carbocycles. The Morgan fingerprint density at radius 1 is 1.08 bits per heavy atom. The summed E-state index contributed by atoms with van der Waals surface area (Å²) in [6.45, 7) is 3.83. The van der Waals surface area contributed by atoms with Crippen LogP contribution >= 0.6 is 11.8 Å². The van der Waals surface area contributed by atoms with E-state index in [0.717, 1.165) is 17.0 Å². The third-order valence-electron chi connectivity index (χ3n) is 3.63. The summed E-state index contributed by atoms with van der Waals surface area (Å²) in [4.78, 5) is 24.9. The Labute approximate surface area is 158 Å². The zero-order valence-corrected chi connectivity index (χ0v) is 16.1. The van der Waals surface area contributed by atoms with Gasteiger partial charge in [-0.05, 0) is 49.7 Å². The van der Waals surface area contributed by atoms with Gasteiger partial charge in [-0.15, -0.1) is 11.8 Å². The highest BCUT2D eigenvalue weighted by Gasteiger charge is 2.15. The van der Waals surface area contributed by atoms with Crippen LogP contribution in [0.2, 0.25) is 0 Å². The first-order valence-corrected chi connectivity index (χ1v) is 9.41. The maximum absolute atomic E-state index is 12.4.